The maximum Gasteiger partial charge on any atom is 0.325 e. The van der Waals surface area contributed by atoms with Gasteiger partial charge in [-0.3, -0.25) is 9.59 Å². The average molecular weight is 217 g/mol. The van der Waals surface area contributed by atoms with Crippen LogP contribution in [0.1, 0.15) is 6.92 Å². The van der Waals surface area contributed by atoms with Crippen molar-refractivity contribution in [1.29, 1.82) is 0 Å². The lowest BCUT2D eigenvalue weighted by atomic mass is 10.3. The van der Waals surface area contributed by atoms with Gasteiger partial charge in [-0.25, -0.2) is 4.79 Å². The quantitative estimate of drug-likeness (QED) is 0.553. The number of hydrogen-bond acceptors (Lipinski definition) is 3. The van der Waals surface area contributed by atoms with Crippen LogP contribution in [0.25, 0.3) is 0 Å². The maximum absolute atomic E-state index is 11.0. The number of carbonyl (C=O) groups excluding carboxylic acids is 2. The molecular formula is C8H15N3O4. The Labute approximate surface area is 87.4 Å². The Hall–Kier alpha value is -1.79. The fourth-order valence-corrected chi connectivity index (χ4v) is 0.623. The molecule has 0 aromatic heterocycles. The van der Waals surface area contributed by atoms with E-state index in [-0.39, 0.29) is 12.5 Å². The molecule has 3 N–H and O–H groups in total. The third-order valence-electron chi connectivity index (χ3n) is 1.62. The zero-order valence-electron chi connectivity index (χ0n) is 8.90. The zero-order valence-corrected chi connectivity index (χ0v) is 8.90. The maximum atomic E-state index is 11.0. The Kier molecular flexibility index (Phi) is 5.14. The molecule has 0 bridgehead atoms. The first-order chi connectivity index (χ1) is 6.84. The van der Waals surface area contributed by atoms with Gasteiger partial charge in [0.25, 0.3) is 0 Å². The highest BCUT2D eigenvalue weighted by Gasteiger charge is 2.14. The third kappa shape index (κ3) is 5.50. The van der Waals surface area contributed by atoms with Crippen molar-refractivity contribution in [3.05, 3.63) is 0 Å². The molecule has 1 atom stereocenters. The number of likely N-dealkylation sites (N-methyl/N-ethyl adjacent to an activating group) is 1. The summed E-state index contributed by atoms with van der Waals surface area (Å²) in [5.74, 6) is -1.41. The number of urea groups is 1. The minimum atomic E-state index is -1.14. The Morgan fingerprint density at radius 1 is 1.33 bits per heavy atom. The number of carboxylic acids is 1. The molecule has 7 heteroatoms. The molecule has 0 aliphatic carbocycles. The fourth-order valence-electron chi connectivity index (χ4n) is 0.623. The second-order valence-electron chi connectivity index (χ2n) is 3.18. The van der Waals surface area contributed by atoms with E-state index in [0.717, 1.165) is 0 Å². The summed E-state index contributed by atoms with van der Waals surface area (Å²) in [6.45, 7) is 1.17. The number of aliphatic carboxylic acids is 1. The van der Waals surface area contributed by atoms with Gasteiger partial charge in [0.1, 0.15) is 6.04 Å². The van der Waals surface area contributed by atoms with Crippen molar-refractivity contribution in [2.75, 3.05) is 20.6 Å². The van der Waals surface area contributed by atoms with Crippen LogP contribution in [0, 0.1) is 0 Å². The van der Waals surface area contributed by atoms with Crippen LogP contribution in [0.5, 0.6) is 0 Å². The van der Waals surface area contributed by atoms with Crippen molar-refractivity contribution in [1.82, 2.24) is 15.5 Å². The van der Waals surface area contributed by atoms with Crippen molar-refractivity contribution < 1.29 is 19.5 Å². The fraction of sp³-hybridized carbons (Fsp3) is 0.625. The largest absolute Gasteiger partial charge is 0.480 e. The molecule has 15 heavy (non-hydrogen) atoms. The van der Waals surface area contributed by atoms with Gasteiger partial charge in [-0.2, -0.15) is 0 Å². The van der Waals surface area contributed by atoms with Crippen LogP contribution in [0.4, 0.5) is 4.79 Å². The van der Waals surface area contributed by atoms with Gasteiger partial charge in [0.05, 0.1) is 6.54 Å². The molecule has 0 aromatic rings. The molecule has 0 radical (unpaired) electrons. The van der Waals surface area contributed by atoms with Gasteiger partial charge in [-0.1, -0.05) is 0 Å². The van der Waals surface area contributed by atoms with Crippen LogP contribution in [0.2, 0.25) is 0 Å². The van der Waals surface area contributed by atoms with Gasteiger partial charge < -0.3 is 20.6 Å². The Morgan fingerprint density at radius 2 is 1.87 bits per heavy atom. The summed E-state index contributed by atoms with van der Waals surface area (Å²) in [6, 6.07) is -1.67. The van der Waals surface area contributed by atoms with E-state index in [1.54, 1.807) is 14.1 Å². The summed E-state index contributed by atoms with van der Waals surface area (Å²) >= 11 is 0. The lowest BCUT2D eigenvalue weighted by Gasteiger charge is -2.13. The summed E-state index contributed by atoms with van der Waals surface area (Å²) in [6.07, 6.45) is 0. The molecule has 0 aromatic carbocycles. The van der Waals surface area contributed by atoms with Crippen molar-refractivity contribution in [2.45, 2.75) is 13.0 Å². The monoisotopic (exact) mass is 217 g/mol. The normalized spacial score (nSPS) is 11.4. The van der Waals surface area contributed by atoms with Crippen LogP contribution in [0.3, 0.4) is 0 Å². The standard InChI is InChI=1S/C8H15N3O4/c1-5(7(13)14)10-8(15)9-4-6(12)11(2)3/h5H,4H2,1-3H3,(H,13,14)(H2,9,10,15)/t5-/m1/s1. The summed E-state index contributed by atoms with van der Waals surface area (Å²) in [5.41, 5.74) is 0. The highest BCUT2D eigenvalue weighted by atomic mass is 16.4. The van der Waals surface area contributed by atoms with Crippen molar-refractivity contribution in [3.8, 4) is 0 Å². The molecule has 86 valence electrons. The van der Waals surface area contributed by atoms with Crippen LogP contribution in [-0.4, -0.2) is 54.6 Å². The van der Waals surface area contributed by atoms with E-state index < -0.39 is 18.0 Å². The highest BCUT2D eigenvalue weighted by molar-refractivity contribution is 5.86. The zero-order chi connectivity index (χ0) is 12.0. The first kappa shape index (κ1) is 13.2. The van der Waals surface area contributed by atoms with E-state index in [2.05, 4.69) is 10.6 Å². The Balaban J connectivity index is 3.86. The van der Waals surface area contributed by atoms with Gasteiger partial charge >= 0.3 is 12.0 Å². The van der Waals surface area contributed by atoms with Gasteiger partial charge in [-0.15, -0.1) is 0 Å². The molecule has 0 aliphatic heterocycles. The van der Waals surface area contributed by atoms with E-state index in [1.165, 1.54) is 11.8 Å². The molecule has 0 heterocycles. The van der Waals surface area contributed by atoms with E-state index in [4.69, 9.17) is 5.11 Å². The topological polar surface area (TPSA) is 98.7 Å². The molecular weight excluding hydrogens is 202 g/mol. The van der Waals surface area contributed by atoms with Crippen LogP contribution >= 0.6 is 0 Å². The third-order valence-corrected chi connectivity index (χ3v) is 1.62. The molecule has 0 saturated carbocycles. The van der Waals surface area contributed by atoms with Crippen molar-refractivity contribution >= 4 is 17.9 Å². The first-order valence-corrected chi connectivity index (χ1v) is 4.32. The minimum absolute atomic E-state index is 0.162. The summed E-state index contributed by atoms with van der Waals surface area (Å²) in [7, 11) is 3.11. The summed E-state index contributed by atoms with van der Waals surface area (Å²) in [4.78, 5) is 33.7. The number of carboxylic acid groups (broad SMARTS) is 1. The van der Waals surface area contributed by atoms with Crippen molar-refractivity contribution in [2.24, 2.45) is 0 Å². The summed E-state index contributed by atoms with van der Waals surface area (Å²) in [5, 5.41) is 12.9. The molecule has 7 nitrogen and oxygen atoms in total. The number of amides is 3. The van der Waals surface area contributed by atoms with Crippen LogP contribution < -0.4 is 10.6 Å². The second kappa shape index (κ2) is 5.84. The predicted molar refractivity (Wildman–Crippen MR) is 52.3 cm³/mol. The molecule has 0 rings (SSSR count). The molecule has 0 fully saturated rings. The Morgan fingerprint density at radius 3 is 2.27 bits per heavy atom. The SMILES string of the molecule is C[C@@H](NC(=O)NCC(=O)N(C)C)C(=O)O. The molecule has 0 saturated heterocycles. The first-order valence-electron chi connectivity index (χ1n) is 4.32. The lowest BCUT2D eigenvalue weighted by Crippen LogP contribution is -2.47. The average Bonchev–Trinajstić information content (AvgIpc) is 2.13. The number of carbonyl (C=O) groups is 3. The molecule has 0 unspecified atom stereocenters. The van der Waals surface area contributed by atoms with Crippen LogP contribution in [0.15, 0.2) is 0 Å². The van der Waals surface area contributed by atoms with Gasteiger partial charge in [0, 0.05) is 14.1 Å². The van der Waals surface area contributed by atoms with Crippen LogP contribution in [-0.2, 0) is 9.59 Å². The lowest BCUT2D eigenvalue weighted by molar-refractivity contribution is -0.138. The van der Waals surface area contributed by atoms with Crippen molar-refractivity contribution in [3.63, 3.8) is 0 Å². The van der Waals surface area contributed by atoms with Gasteiger partial charge in [0.2, 0.25) is 5.91 Å². The minimum Gasteiger partial charge on any atom is -0.480 e. The Bertz CT molecular complexity index is 265. The van der Waals surface area contributed by atoms with Gasteiger partial charge in [-0.05, 0) is 6.92 Å². The second-order valence-corrected chi connectivity index (χ2v) is 3.18. The van der Waals surface area contributed by atoms with Gasteiger partial charge in [0.15, 0.2) is 0 Å². The molecule has 3 amide bonds. The molecule has 0 aliphatic rings. The predicted octanol–water partition coefficient (Wildman–Crippen LogP) is -1.15. The van der Waals surface area contributed by atoms with E-state index in [0.29, 0.717) is 0 Å². The summed E-state index contributed by atoms with van der Waals surface area (Å²) < 4.78 is 0. The smallest absolute Gasteiger partial charge is 0.325 e. The molecule has 0 spiro atoms. The number of nitrogens with zero attached hydrogens (tertiary/aromatic N) is 1. The van der Waals surface area contributed by atoms with E-state index in [9.17, 15) is 14.4 Å². The van der Waals surface area contributed by atoms with E-state index in [1.807, 2.05) is 0 Å². The van der Waals surface area contributed by atoms with E-state index >= 15 is 0 Å². The highest BCUT2D eigenvalue weighted by Crippen LogP contribution is 1.81. The number of hydrogen-bond donors (Lipinski definition) is 3. The number of rotatable bonds is 4. The number of nitrogens with one attached hydrogen (secondary N) is 2.